The van der Waals surface area contributed by atoms with Crippen molar-refractivity contribution in [3.8, 4) is 11.4 Å². The molecule has 1 N–H and O–H groups in total. The Morgan fingerprint density at radius 3 is 2.67 bits per heavy atom. The van der Waals surface area contributed by atoms with E-state index in [4.69, 9.17) is 0 Å². The molecule has 0 aliphatic carbocycles. The summed E-state index contributed by atoms with van der Waals surface area (Å²) in [4.78, 5) is 30.4. The van der Waals surface area contributed by atoms with E-state index in [9.17, 15) is 27.2 Å². The lowest BCUT2D eigenvalue weighted by atomic mass is 10.3. The summed E-state index contributed by atoms with van der Waals surface area (Å²) < 4.78 is 55.8. The van der Waals surface area contributed by atoms with Gasteiger partial charge in [-0.15, -0.1) is 24.9 Å². The molecule has 1 aliphatic rings. The van der Waals surface area contributed by atoms with Gasteiger partial charge in [0.05, 0.1) is 22.0 Å². The van der Waals surface area contributed by atoms with Crippen molar-refractivity contribution in [2.75, 3.05) is 16.8 Å². The molecule has 172 valence electrons. The van der Waals surface area contributed by atoms with Gasteiger partial charge in [0, 0.05) is 17.9 Å². The van der Waals surface area contributed by atoms with Crippen LogP contribution in [-0.4, -0.2) is 33.3 Å². The third kappa shape index (κ3) is 5.69. The first-order valence-corrected chi connectivity index (χ1v) is 11.5. The minimum atomic E-state index is -4.83. The van der Waals surface area contributed by atoms with E-state index in [0.717, 1.165) is 23.9 Å². The number of carbonyl (C=O) groups is 1. The van der Waals surface area contributed by atoms with Crippen LogP contribution in [0, 0.1) is 5.82 Å². The average Bonchev–Trinajstić information content (AvgIpc) is 3.21. The third-order valence-electron chi connectivity index (χ3n) is 4.44. The zero-order valence-electron chi connectivity index (χ0n) is 16.7. The Morgan fingerprint density at radius 2 is 1.97 bits per heavy atom. The van der Waals surface area contributed by atoms with Crippen LogP contribution >= 0.6 is 23.5 Å². The molecule has 6 nitrogen and oxygen atoms in total. The topological polar surface area (TPSA) is 73.2 Å². The first-order chi connectivity index (χ1) is 15.7. The maximum Gasteiger partial charge on any atom is 0.573 e. The number of aromatic nitrogens is 2. The largest absolute Gasteiger partial charge is 0.573 e. The maximum atomic E-state index is 13.3. The standard InChI is InChI=1S/C21H15F4N3O3S2/c22-12-2-1-3-13(10-12)26-17(29)11-33-20-27-16-8-9-32-18(16)19(30)28(20)14-4-6-15(7-5-14)31-21(23,24)25/h1-7,10H,8-9,11H2,(H,26,29). The monoisotopic (exact) mass is 497 g/mol. The van der Waals surface area contributed by atoms with Crippen molar-refractivity contribution in [1.29, 1.82) is 0 Å². The molecule has 12 heteroatoms. The second-order valence-corrected chi connectivity index (χ2v) is 8.85. The van der Waals surface area contributed by atoms with Gasteiger partial charge in [-0.3, -0.25) is 14.2 Å². The Kier molecular flexibility index (Phi) is 6.66. The highest BCUT2D eigenvalue weighted by Gasteiger charge is 2.31. The molecule has 0 fully saturated rings. The number of rotatable bonds is 6. The molecule has 1 amide bonds. The summed E-state index contributed by atoms with van der Waals surface area (Å²) in [6.07, 6.45) is -4.24. The number of carbonyl (C=O) groups excluding carboxylic acids is 1. The van der Waals surface area contributed by atoms with Crippen molar-refractivity contribution in [3.05, 3.63) is 70.4 Å². The van der Waals surface area contributed by atoms with E-state index in [1.165, 1.54) is 52.7 Å². The van der Waals surface area contributed by atoms with Crippen LogP contribution in [0.4, 0.5) is 23.2 Å². The van der Waals surface area contributed by atoms with Gasteiger partial charge >= 0.3 is 6.36 Å². The smallest absolute Gasteiger partial charge is 0.406 e. The molecule has 4 rings (SSSR count). The van der Waals surface area contributed by atoms with Crippen LogP contribution in [0.5, 0.6) is 5.75 Å². The predicted molar refractivity (Wildman–Crippen MR) is 117 cm³/mol. The maximum absolute atomic E-state index is 13.3. The average molecular weight is 497 g/mol. The molecular weight excluding hydrogens is 482 g/mol. The minimum absolute atomic E-state index is 0.121. The van der Waals surface area contributed by atoms with E-state index in [0.29, 0.717) is 22.8 Å². The Morgan fingerprint density at radius 1 is 1.21 bits per heavy atom. The third-order valence-corrected chi connectivity index (χ3v) is 6.48. The van der Waals surface area contributed by atoms with Crippen LogP contribution in [-0.2, 0) is 11.2 Å². The molecule has 1 aliphatic heterocycles. The van der Waals surface area contributed by atoms with E-state index in [-0.39, 0.29) is 27.8 Å². The van der Waals surface area contributed by atoms with Crippen LogP contribution in [0.25, 0.3) is 5.69 Å². The first kappa shape index (κ1) is 23.2. The number of ether oxygens (including phenoxy) is 1. The van der Waals surface area contributed by atoms with E-state index in [1.54, 1.807) is 0 Å². The molecule has 0 saturated heterocycles. The lowest BCUT2D eigenvalue weighted by Gasteiger charge is -2.15. The minimum Gasteiger partial charge on any atom is -0.406 e. The molecule has 0 atom stereocenters. The number of thioether (sulfide) groups is 2. The number of fused-ring (bicyclic) bond motifs is 1. The Labute approximate surface area is 193 Å². The van der Waals surface area contributed by atoms with Crippen molar-refractivity contribution < 1.29 is 27.1 Å². The summed E-state index contributed by atoms with van der Waals surface area (Å²) in [6, 6.07) is 10.2. The van der Waals surface area contributed by atoms with E-state index < -0.39 is 23.8 Å². The molecule has 0 saturated carbocycles. The molecule has 33 heavy (non-hydrogen) atoms. The van der Waals surface area contributed by atoms with Crippen LogP contribution in [0.1, 0.15) is 5.69 Å². The lowest BCUT2D eigenvalue weighted by Crippen LogP contribution is -2.24. The predicted octanol–water partition coefficient (Wildman–Crippen LogP) is 4.65. The zero-order chi connectivity index (χ0) is 23.6. The number of anilines is 1. The van der Waals surface area contributed by atoms with Gasteiger partial charge in [0.2, 0.25) is 5.91 Å². The second-order valence-electron chi connectivity index (χ2n) is 6.80. The van der Waals surface area contributed by atoms with E-state index >= 15 is 0 Å². The summed E-state index contributed by atoms with van der Waals surface area (Å²) in [6.45, 7) is 0. The molecule has 0 radical (unpaired) electrons. The lowest BCUT2D eigenvalue weighted by molar-refractivity contribution is -0.274. The molecule has 0 bridgehead atoms. The van der Waals surface area contributed by atoms with Crippen LogP contribution in [0.2, 0.25) is 0 Å². The fourth-order valence-electron chi connectivity index (χ4n) is 3.11. The van der Waals surface area contributed by atoms with Crippen molar-refractivity contribution >= 4 is 35.1 Å². The number of aryl methyl sites for hydroxylation is 1. The van der Waals surface area contributed by atoms with Gasteiger partial charge in [0.1, 0.15) is 11.6 Å². The SMILES string of the molecule is O=C(CSc1nc2c(c(=O)n1-c1ccc(OC(F)(F)F)cc1)SCC2)Nc1cccc(F)c1. The van der Waals surface area contributed by atoms with Gasteiger partial charge in [0.25, 0.3) is 5.56 Å². The van der Waals surface area contributed by atoms with Crippen molar-refractivity contribution in [2.24, 2.45) is 0 Å². The number of alkyl halides is 3. The molecule has 1 aromatic heterocycles. The van der Waals surface area contributed by atoms with Crippen molar-refractivity contribution in [3.63, 3.8) is 0 Å². The zero-order valence-corrected chi connectivity index (χ0v) is 18.3. The summed E-state index contributed by atoms with van der Waals surface area (Å²) in [5, 5.41) is 2.79. The van der Waals surface area contributed by atoms with Gasteiger partial charge in [-0.1, -0.05) is 17.8 Å². The van der Waals surface area contributed by atoms with E-state index in [2.05, 4.69) is 15.0 Å². The highest BCUT2D eigenvalue weighted by atomic mass is 32.2. The van der Waals surface area contributed by atoms with Crippen molar-refractivity contribution in [2.45, 2.75) is 22.8 Å². The fraction of sp³-hybridized carbons (Fsp3) is 0.190. The van der Waals surface area contributed by atoms with Crippen molar-refractivity contribution in [1.82, 2.24) is 9.55 Å². The number of hydrogen-bond acceptors (Lipinski definition) is 6. The van der Waals surface area contributed by atoms with Crippen LogP contribution < -0.4 is 15.6 Å². The Balaban J connectivity index is 1.59. The molecule has 3 aromatic rings. The summed E-state index contributed by atoms with van der Waals surface area (Å²) in [5.74, 6) is -0.791. The number of hydrogen-bond donors (Lipinski definition) is 1. The highest BCUT2D eigenvalue weighted by Crippen LogP contribution is 2.31. The van der Waals surface area contributed by atoms with Crippen LogP contribution in [0.3, 0.4) is 0 Å². The first-order valence-electron chi connectivity index (χ1n) is 9.53. The number of amides is 1. The quantitative estimate of drug-likeness (QED) is 0.304. The molecule has 2 aromatic carbocycles. The molecule has 2 heterocycles. The number of nitrogens with one attached hydrogen (secondary N) is 1. The van der Waals surface area contributed by atoms with Gasteiger partial charge in [-0.2, -0.15) is 0 Å². The van der Waals surface area contributed by atoms with Gasteiger partial charge in [-0.25, -0.2) is 9.37 Å². The molecular formula is C21H15F4N3O3S2. The number of halogens is 4. The fourth-order valence-corrected chi connectivity index (χ4v) is 4.96. The summed E-state index contributed by atoms with van der Waals surface area (Å²) >= 11 is 2.35. The van der Waals surface area contributed by atoms with Crippen LogP contribution in [0.15, 0.2) is 63.4 Å². The second kappa shape index (κ2) is 9.48. The Bertz CT molecular complexity index is 1250. The Hall–Kier alpha value is -2.99. The number of nitrogens with zero attached hydrogens (tertiary/aromatic N) is 2. The van der Waals surface area contributed by atoms with Gasteiger partial charge < -0.3 is 10.1 Å². The van der Waals surface area contributed by atoms with Gasteiger partial charge in [-0.05, 0) is 42.5 Å². The summed E-state index contributed by atoms with van der Waals surface area (Å²) in [7, 11) is 0. The molecule has 0 unspecified atom stereocenters. The van der Waals surface area contributed by atoms with E-state index in [1.807, 2.05) is 0 Å². The highest BCUT2D eigenvalue weighted by molar-refractivity contribution is 8.00. The summed E-state index contributed by atoms with van der Waals surface area (Å²) in [5.41, 5.74) is 0.827. The normalized spacial score (nSPS) is 13.0. The van der Waals surface area contributed by atoms with Gasteiger partial charge in [0.15, 0.2) is 5.16 Å². The number of benzene rings is 2. The molecule has 0 spiro atoms.